The monoisotopic (exact) mass is 288 g/mol. The number of hydrogen-bond donors (Lipinski definition) is 2. The van der Waals surface area contributed by atoms with Crippen LogP contribution in [0.15, 0.2) is 29.4 Å². The molecule has 0 radical (unpaired) electrons. The average molecular weight is 289 g/mol. The van der Waals surface area contributed by atoms with E-state index in [1.54, 1.807) is 18.2 Å². The topological polar surface area (TPSA) is 92.6 Å². The molecule has 0 aliphatic rings. The van der Waals surface area contributed by atoms with Crippen molar-refractivity contribution < 1.29 is 13.2 Å². The Balaban J connectivity index is 2.53. The first-order valence-corrected chi connectivity index (χ1v) is 6.69. The van der Waals surface area contributed by atoms with Crippen molar-refractivity contribution in [1.29, 1.82) is 0 Å². The van der Waals surface area contributed by atoms with Crippen LogP contribution in [0.5, 0.6) is 0 Å². The summed E-state index contributed by atoms with van der Waals surface area (Å²) in [4.78, 5) is 16.5. The third-order valence-corrected chi connectivity index (χ3v) is 3.71. The van der Waals surface area contributed by atoms with E-state index in [0.29, 0.717) is 5.65 Å². The maximum absolute atomic E-state index is 12.0. The van der Waals surface area contributed by atoms with Crippen LogP contribution in [0.4, 0.5) is 0 Å². The van der Waals surface area contributed by atoms with Crippen LogP contribution in [0.1, 0.15) is 6.92 Å². The summed E-state index contributed by atoms with van der Waals surface area (Å²) in [6, 6.07) is 4.96. The lowest BCUT2D eigenvalue weighted by atomic mass is 10.5. The second-order valence-corrected chi connectivity index (χ2v) is 5.38. The van der Waals surface area contributed by atoms with Crippen molar-refractivity contribution >= 4 is 33.2 Å². The molecule has 0 fully saturated rings. The summed E-state index contributed by atoms with van der Waals surface area (Å²) in [5.74, 6) is -0.538. The molecule has 18 heavy (non-hydrogen) atoms. The minimum atomic E-state index is -3.98. The number of rotatable bonds is 3. The number of nitrogens with zero attached hydrogens (tertiary/aromatic N) is 2. The van der Waals surface area contributed by atoms with Crippen molar-refractivity contribution in [2.24, 2.45) is 0 Å². The first-order valence-electron chi connectivity index (χ1n) is 4.83. The Kier molecular flexibility index (Phi) is 3.24. The Bertz CT molecular complexity index is 710. The highest BCUT2D eigenvalue weighted by Gasteiger charge is 2.24. The number of nitrogens with one attached hydrogen (secondary N) is 2. The molecule has 0 saturated heterocycles. The molecule has 0 bridgehead atoms. The van der Waals surface area contributed by atoms with E-state index in [1.807, 2.05) is 10.3 Å². The fourth-order valence-corrected chi connectivity index (χ4v) is 2.91. The maximum atomic E-state index is 12.0. The van der Waals surface area contributed by atoms with Gasteiger partial charge in [0.1, 0.15) is 5.65 Å². The second kappa shape index (κ2) is 4.56. The number of amides is 1. The molecule has 0 saturated carbocycles. The van der Waals surface area contributed by atoms with Crippen molar-refractivity contribution in [3.05, 3.63) is 29.5 Å². The molecule has 0 spiro atoms. The zero-order chi connectivity index (χ0) is 13.3. The second-order valence-electron chi connectivity index (χ2n) is 3.42. The summed E-state index contributed by atoms with van der Waals surface area (Å²) in [5.41, 5.74) is 2.38. The van der Waals surface area contributed by atoms with E-state index in [4.69, 9.17) is 11.6 Å². The molecule has 0 atom stereocenters. The third-order valence-electron chi connectivity index (χ3n) is 2.06. The summed E-state index contributed by atoms with van der Waals surface area (Å²) < 4.78 is 25.2. The summed E-state index contributed by atoms with van der Waals surface area (Å²) in [6.07, 6.45) is 1.51. The minimum Gasteiger partial charge on any atom is -0.288 e. The van der Waals surface area contributed by atoms with Gasteiger partial charge in [0.2, 0.25) is 5.91 Å². The molecule has 0 aliphatic carbocycles. The van der Waals surface area contributed by atoms with Crippen LogP contribution < -0.4 is 10.3 Å². The van der Waals surface area contributed by atoms with E-state index < -0.39 is 15.9 Å². The molecule has 2 heterocycles. The normalized spacial score (nSPS) is 11.7. The van der Waals surface area contributed by atoms with Crippen LogP contribution >= 0.6 is 11.6 Å². The number of fused-ring (bicyclic) bond motifs is 1. The third kappa shape index (κ3) is 2.30. The van der Waals surface area contributed by atoms with E-state index in [9.17, 15) is 13.2 Å². The van der Waals surface area contributed by atoms with E-state index in [2.05, 4.69) is 4.98 Å². The molecular weight excluding hydrogens is 280 g/mol. The first-order chi connectivity index (χ1) is 8.42. The lowest BCUT2D eigenvalue weighted by Crippen LogP contribution is -2.40. The van der Waals surface area contributed by atoms with Gasteiger partial charge in [-0.15, -0.1) is 4.83 Å². The van der Waals surface area contributed by atoms with Crippen molar-refractivity contribution in [3.8, 4) is 0 Å². The van der Waals surface area contributed by atoms with Crippen LogP contribution in [0.25, 0.3) is 5.65 Å². The molecule has 0 unspecified atom stereocenters. The van der Waals surface area contributed by atoms with Crippen LogP contribution in [-0.2, 0) is 14.8 Å². The molecule has 2 rings (SSSR count). The average Bonchev–Trinajstić information content (AvgIpc) is 2.63. The van der Waals surface area contributed by atoms with Gasteiger partial charge in [0.05, 0.1) is 0 Å². The summed E-state index contributed by atoms with van der Waals surface area (Å²) in [6.45, 7) is 1.18. The molecule has 2 N–H and O–H groups in total. The zero-order valence-electron chi connectivity index (χ0n) is 9.21. The Morgan fingerprint density at radius 2 is 2.17 bits per heavy atom. The number of imidazole rings is 1. The van der Waals surface area contributed by atoms with Crippen molar-refractivity contribution in [1.82, 2.24) is 19.6 Å². The van der Waals surface area contributed by atoms with Gasteiger partial charge in [0.15, 0.2) is 10.2 Å². The first kappa shape index (κ1) is 12.8. The van der Waals surface area contributed by atoms with Gasteiger partial charge < -0.3 is 0 Å². The number of aromatic nitrogens is 2. The van der Waals surface area contributed by atoms with E-state index in [0.717, 1.165) is 0 Å². The van der Waals surface area contributed by atoms with E-state index in [-0.39, 0.29) is 10.2 Å². The van der Waals surface area contributed by atoms with Gasteiger partial charge in [-0.25, -0.2) is 13.4 Å². The van der Waals surface area contributed by atoms with E-state index >= 15 is 0 Å². The van der Waals surface area contributed by atoms with E-state index in [1.165, 1.54) is 17.5 Å². The van der Waals surface area contributed by atoms with Gasteiger partial charge in [-0.3, -0.25) is 14.6 Å². The van der Waals surface area contributed by atoms with Crippen molar-refractivity contribution in [2.75, 3.05) is 0 Å². The number of hydrogen-bond acceptors (Lipinski definition) is 4. The molecule has 7 nitrogen and oxygen atoms in total. The lowest BCUT2D eigenvalue weighted by Gasteiger charge is -2.06. The number of carbonyl (C=O) groups excluding carboxylic acids is 1. The Morgan fingerprint density at radius 3 is 2.83 bits per heavy atom. The fraction of sp³-hybridized carbons (Fsp3) is 0.111. The largest absolute Gasteiger partial charge is 0.288 e. The molecule has 2 aromatic heterocycles. The fourth-order valence-electron chi connectivity index (χ4n) is 1.37. The zero-order valence-corrected chi connectivity index (χ0v) is 10.8. The van der Waals surface area contributed by atoms with Crippen LogP contribution in [-0.4, -0.2) is 23.7 Å². The van der Waals surface area contributed by atoms with Crippen molar-refractivity contribution in [2.45, 2.75) is 11.9 Å². The van der Waals surface area contributed by atoms with Gasteiger partial charge in [-0.05, 0) is 12.1 Å². The Morgan fingerprint density at radius 1 is 1.44 bits per heavy atom. The van der Waals surface area contributed by atoms with Gasteiger partial charge in [-0.2, -0.15) is 0 Å². The Labute approximate surface area is 108 Å². The quantitative estimate of drug-likeness (QED) is 0.796. The number of halogens is 1. The Hall–Kier alpha value is -1.64. The highest BCUT2D eigenvalue weighted by atomic mass is 35.5. The molecular formula is C9H9ClN4O3S. The smallest absolute Gasteiger partial charge is 0.276 e. The van der Waals surface area contributed by atoms with Crippen molar-refractivity contribution in [3.63, 3.8) is 0 Å². The van der Waals surface area contributed by atoms with Gasteiger partial charge in [-0.1, -0.05) is 17.7 Å². The highest BCUT2D eigenvalue weighted by Crippen LogP contribution is 2.21. The number of pyridine rings is 1. The highest BCUT2D eigenvalue weighted by molar-refractivity contribution is 7.89. The predicted molar refractivity (Wildman–Crippen MR) is 64.3 cm³/mol. The lowest BCUT2D eigenvalue weighted by molar-refractivity contribution is -0.119. The summed E-state index contributed by atoms with van der Waals surface area (Å²) in [5, 5.41) is -0.396. The molecule has 1 amide bonds. The molecule has 9 heteroatoms. The van der Waals surface area contributed by atoms with Crippen LogP contribution in [0.3, 0.4) is 0 Å². The molecule has 0 aliphatic heterocycles. The standard InChI is InChI=1S/C9H9ClN4O3S/c1-6(15)12-13-18(16,17)9-8(10)11-7-4-2-3-5-14(7)9/h2-5,13H,1H3,(H,12,15). The summed E-state index contributed by atoms with van der Waals surface area (Å²) >= 11 is 5.80. The van der Waals surface area contributed by atoms with Crippen LogP contribution in [0, 0.1) is 0 Å². The molecule has 96 valence electrons. The molecule has 0 aromatic carbocycles. The number of hydrazine groups is 1. The van der Waals surface area contributed by atoms with Gasteiger partial charge >= 0.3 is 0 Å². The maximum Gasteiger partial charge on any atom is 0.276 e. The summed E-state index contributed by atoms with van der Waals surface area (Å²) in [7, 11) is -3.98. The minimum absolute atomic E-state index is 0.168. The SMILES string of the molecule is CC(=O)NNS(=O)(=O)c1c(Cl)nc2ccccn12. The molecule has 2 aromatic rings. The van der Waals surface area contributed by atoms with Gasteiger partial charge in [0.25, 0.3) is 10.0 Å². The predicted octanol–water partition coefficient (Wildman–Crippen LogP) is 0.317. The number of carbonyl (C=O) groups is 1. The van der Waals surface area contributed by atoms with Crippen LogP contribution in [0.2, 0.25) is 5.15 Å². The van der Waals surface area contributed by atoms with Gasteiger partial charge in [0, 0.05) is 13.1 Å². The number of sulfonamides is 1.